The number of H-pyrrole nitrogens is 1. The minimum Gasteiger partial charge on any atom is -0.376 e. The molecule has 0 saturated carbocycles. The Bertz CT molecular complexity index is 684. The van der Waals surface area contributed by atoms with Crippen molar-refractivity contribution >= 4 is 17.7 Å². The number of benzene rings is 1. The van der Waals surface area contributed by atoms with Gasteiger partial charge in [-0.3, -0.25) is 9.89 Å². The molecule has 22 heavy (non-hydrogen) atoms. The lowest BCUT2D eigenvalue weighted by atomic mass is 10.1. The maximum atomic E-state index is 12.6. The molecule has 1 amide bonds. The highest BCUT2D eigenvalue weighted by molar-refractivity contribution is 7.98. The third kappa shape index (κ3) is 3.03. The Morgan fingerprint density at radius 2 is 2.36 bits per heavy atom. The largest absolute Gasteiger partial charge is 0.376 e. The van der Waals surface area contributed by atoms with Crippen molar-refractivity contribution in [1.29, 1.82) is 0 Å². The molecule has 3 rings (SSSR count). The number of aromatic nitrogens is 2. The fourth-order valence-electron chi connectivity index (χ4n) is 2.59. The topological polar surface area (TPSA) is 58.2 Å². The first kappa shape index (κ1) is 15.1. The molecular weight excluding hydrogens is 298 g/mol. The lowest BCUT2D eigenvalue weighted by molar-refractivity contribution is 0.0764. The zero-order chi connectivity index (χ0) is 15.5. The molecule has 0 bridgehead atoms. The van der Waals surface area contributed by atoms with E-state index in [2.05, 4.69) is 22.3 Å². The molecule has 0 aliphatic carbocycles. The molecule has 0 unspecified atom stereocenters. The summed E-state index contributed by atoms with van der Waals surface area (Å²) in [6.45, 7) is 1.71. The van der Waals surface area contributed by atoms with Gasteiger partial charge in [0.05, 0.1) is 13.2 Å². The van der Waals surface area contributed by atoms with Gasteiger partial charge in [0.2, 0.25) is 0 Å². The second-order valence-electron chi connectivity index (χ2n) is 5.34. The van der Waals surface area contributed by atoms with E-state index >= 15 is 0 Å². The molecule has 2 heterocycles. The Kier molecular flexibility index (Phi) is 4.49. The van der Waals surface area contributed by atoms with Crippen LogP contribution in [0.15, 0.2) is 29.2 Å². The van der Waals surface area contributed by atoms with E-state index in [-0.39, 0.29) is 5.91 Å². The fraction of sp³-hybridized carbons (Fsp3) is 0.375. The zero-order valence-electron chi connectivity index (χ0n) is 12.8. The van der Waals surface area contributed by atoms with E-state index in [1.165, 1.54) is 4.90 Å². The van der Waals surface area contributed by atoms with Gasteiger partial charge in [-0.05, 0) is 24.0 Å². The van der Waals surface area contributed by atoms with Crippen LogP contribution in [0, 0.1) is 0 Å². The summed E-state index contributed by atoms with van der Waals surface area (Å²) in [6.07, 6.45) is 2.83. The number of aromatic amines is 1. The van der Waals surface area contributed by atoms with Crippen LogP contribution in [0.25, 0.3) is 0 Å². The molecule has 116 valence electrons. The Labute approximate surface area is 134 Å². The molecule has 0 atom stereocenters. The highest BCUT2D eigenvalue weighted by Gasteiger charge is 2.24. The predicted molar refractivity (Wildman–Crippen MR) is 86.0 cm³/mol. The number of fused-ring (bicyclic) bond motifs is 1. The zero-order valence-corrected chi connectivity index (χ0v) is 13.6. The third-order valence-electron chi connectivity index (χ3n) is 3.80. The Morgan fingerprint density at radius 3 is 3.18 bits per heavy atom. The summed E-state index contributed by atoms with van der Waals surface area (Å²) >= 11 is 1.70. The van der Waals surface area contributed by atoms with Crippen molar-refractivity contribution in [1.82, 2.24) is 15.1 Å². The normalized spacial score (nSPS) is 13.7. The van der Waals surface area contributed by atoms with Crippen LogP contribution < -0.4 is 0 Å². The van der Waals surface area contributed by atoms with Crippen LogP contribution in [0.3, 0.4) is 0 Å². The minimum absolute atomic E-state index is 0.0717. The highest BCUT2D eigenvalue weighted by atomic mass is 32.2. The minimum atomic E-state index is -0.0717. The van der Waals surface area contributed by atoms with E-state index in [1.54, 1.807) is 23.7 Å². The third-order valence-corrected chi connectivity index (χ3v) is 4.52. The summed E-state index contributed by atoms with van der Waals surface area (Å²) in [4.78, 5) is 15.5. The van der Waals surface area contributed by atoms with Crippen LogP contribution in [0.2, 0.25) is 0 Å². The number of nitrogens with zero attached hydrogens (tertiary/aromatic N) is 2. The molecule has 1 aromatic carbocycles. The Morgan fingerprint density at radius 1 is 1.50 bits per heavy atom. The van der Waals surface area contributed by atoms with E-state index in [1.807, 2.05) is 18.4 Å². The highest BCUT2D eigenvalue weighted by Crippen LogP contribution is 2.21. The lowest BCUT2D eigenvalue weighted by Gasteiger charge is -2.18. The molecule has 6 heteroatoms. The van der Waals surface area contributed by atoms with Gasteiger partial charge in [-0.1, -0.05) is 12.1 Å². The number of rotatable bonds is 4. The molecule has 0 saturated heterocycles. The molecule has 0 spiro atoms. The number of nitrogens with one attached hydrogen (secondary N) is 1. The smallest absolute Gasteiger partial charge is 0.274 e. The van der Waals surface area contributed by atoms with Gasteiger partial charge in [0.1, 0.15) is 0 Å². The van der Waals surface area contributed by atoms with Crippen LogP contribution in [0.5, 0.6) is 0 Å². The number of thioether (sulfide) groups is 1. The summed E-state index contributed by atoms with van der Waals surface area (Å²) in [5, 5.41) is 7.16. The maximum Gasteiger partial charge on any atom is 0.274 e. The summed E-state index contributed by atoms with van der Waals surface area (Å²) in [6, 6.07) is 8.23. The van der Waals surface area contributed by atoms with Gasteiger partial charge in [0.25, 0.3) is 5.91 Å². The monoisotopic (exact) mass is 317 g/mol. The van der Waals surface area contributed by atoms with E-state index in [0.717, 1.165) is 23.2 Å². The van der Waals surface area contributed by atoms with Gasteiger partial charge in [-0.15, -0.1) is 11.8 Å². The van der Waals surface area contributed by atoms with Crippen LogP contribution in [0.4, 0.5) is 0 Å². The first-order valence-electron chi connectivity index (χ1n) is 7.21. The SMILES string of the molecule is CSc1cccc(CN(C)C(=O)c2n[nH]c3c2COCC3)c1. The van der Waals surface area contributed by atoms with Gasteiger partial charge in [-0.2, -0.15) is 5.10 Å². The summed E-state index contributed by atoms with van der Waals surface area (Å²) < 4.78 is 5.44. The van der Waals surface area contributed by atoms with Crippen LogP contribution in [-0.4, -0.2) is 40.9 Å². The standard InChI is InChI=1S/C16H19N3O2S/c1-19(9-11-4-3-5-12(8-11)22-2)16(20)15-13-10-21-7-6-14(13)17-18-15/h3-5,8H,6-7,9-10H2,1-2H3,(H,17,18). The molecular formula is C16H19N3O2S. The molecule has 1 aliphatic rings. The van der Waals surface area contributed by atoms with Crippen LogP contribution >= 0.6 is 11.8 Å². The van der Waals surface area contributed by atoms with Gasteiger partial charge < -0.3 is 9.64 Å². The summed E-state index contributed by atoms with van der Waals surface area (Å²) in [5.74, 6) is -0.0717. The van der Waals surface area contributed by atoms with Crippen molar-refractivity contribution in [2.45, 2.75) is 24.5 Å². The van der Waals surface area contributed by atoms with Crippen molar-refractivity contribution in [3.05, 3.63) is 46.8 Å². The molecule has 5 nitrogen and oxygen atoms in total. The Balaban J connectivity index is 1.75. The maximum absolute atomic E-state index is 12.6. The van der Waals surface area contributed by atoms with Crippen LogP contribution in [0.1, 0.15) is 27.3 Å². The number of carbonyl (C=O) groups excluding carboxylic acids is 1. The van der Waals surface area contributed by atoms with E-state index in [4.69, 9.17) is 4.74 Å². The summed E-state index contributed by atoms with van der Waals surface area (Å²) in [7, 11) is 1.80. The van der Waals surface area contributed by atoms with Crippen molar-refractivity contribution in [3.8, 4) is 0 Å². The second-order valence-corrected chi connectivity index (χ2v) is 6.22. The molecule has 1 aromatic heterocycles. The number of hydrogen-bond donors (Lipinski definition) is 1. The number of ether oxygens (including phenoxy) is 1. The number of amides is 1. The molecule has 0 radical (unpaired) electrons. The van der Waals surface area contributed by atoms with Crippen LogP contribution in [-0.2, 0) is 24.3 Å². The summed E-state index contributed by atoms with van der Waals surface area (Å²) in [5.41, 5.74) is 3.52. The van der Waals surface area contributed by atoms with E-state index in [0.29, 0.717) is 25.5 Å². The lowest BCUT2D eigenvalue weighted by Crippen LogP contribution is -2.28. The molecule has 0 fully saturated rings. The predicted octanol–water partition coefficient (Wildman–Crippen LogP) is 2.48. The Hall–Kier alpha value is -1.79. The first-order chi connectivity index (χ1) is 10.7. The first-order valence-corrected chi connectivity index (χ1v) is 8.43. The van der Waals surface area contributed by atoms with E-state index in [9.17, 15) is 4.79 Å². The number of carbonyl (C=O) groups is 1. The molecule has 1 N–H and O–H groups in total. The van der Waals surface area contributed by atoms with Crippen molar-refractivity contribution in [2.75, 3.05) is 19.9 Å². The fourth-order valence-corrected chi connectivity index (χ4v) is 3.07. The second kappa shape index (κ2) is 6.54. The molecule has 2 aromatic rings. The van der Waals surface area contributed by atoms with E-state index < -0.39 is 0 Å². The van der Waals surface area contributed by atoms with Gasteiger partial charge >= 0.3 is 0 Å². The number of hydrogen-bond acceptors (Lipinski definition) is 4. The van der Waals surface area contributed by atoms with Gasteiger partial charge in [-0.25, -0.2) is 0 Å². The van der Waals surface area contributed by atoms with Gasteiger partial charge in [0.15, 0.2) is 5.69 Å². The quantitative estimate of drug-likeness (QED) is 0.880. The average Bonchev–Trinajstić information content (AvgIpc) is 2.98. The average molecular weight is 317 g/mol. The van der Waals surface area contributed by atoms with Gasteiger partial charge in [0, 0.05) is 36.2 Å². The van der Waals surface area contributed by atoms with Crippen molar-refractivity contribution < 1.29 is 9.53 Å². The van der Waals surface area contributed by atoms with Crippen molar-refractivity contribution in [2.24, 2.45) is 0 Å². The molecule has 1 aliphatic heterocycles. The van der Waals surface area contributed by atoms with Crippen molar-refractivity contribution in [3.63, 3.8) is 0 Å².